The predicted octanol–water partition coefficient (Wildman–Crippen LogP) is 0.572. The second-order valence-electron chi connectivity index (χ2n) is 2.24. The van der Waals surface area contributed by atoms with Crippen molar-refractivity contribution in [1.29, 1.82) is 0 Å². The Balaban J connectivity index is 3.15. The summed E-state index contributed by atoms with van der Waals surface area (Å²) in [7, 11) is -3.67. The molecule has 8 heteroatoms. The van der Waals surface area contributed by atoms with Crippen LogP contribution in [-0.4, -0.2) is 18.4 Å². The molecule has 0 aromatic carbocycles. The maximum Gasteiger partial charge on any atom is 0.213 e. The fraction of sp³-hybridized carbons (Fsp3) is 0.200. The number of aromatic nitrogens is 2. The molecule has 1 heterocycles. The first-order chi connectivity index (χ1) is 5.90. The van der Waals surface area contributed by atoms with Crippen LogP contribution in [0.25, 0.3) is 0 Å². The third-order valence-electron chi connectivity index (χ3n) is 1.19. The van der Waals surface area contributed by atoms with Crippen molar-refractivity contribution in [3.8, 4) is 0 Å². The van der Waals surface area contributed by atoms with Crippen LogP contribution in [0.3, 0.4) is 0 Å². The first-order valence-electron chi connectivity index (χ1n) is 3.05. The maximum absolute atomic E-state index is 10.7. The summed E-state index contributed by atoms with van der Waals surface area (Å²) in [5, 5.41) is 4.79. The number of hydrogen-bond donors (Lipinski definition) is 1. The molecule has 0 aliphatic heterocycles. The number of nitrogens with two attached hydrogens (primary N) is 1. The molecule has 1 aromatic heterocycles. The van der Waals surface area contributed by atoms with Crippen LogP contribution in [0.2, 0.25) is 10.3 Å². The van der Waals surface area contributed by atoms with E-state index >= 15 is 0 Å². The second kappa shape index (κ2) is 3.75. The van der Waals surface area contributed by atoms with Gasteiger partial charge in [-0.1, -0.05) is 23.2 Å². The van der Waals surface area contributed by atoms with E-state index in [0.717, 1.165) is 6.33 Å². The molecule has 1 rings (SSSR count). The average molecular weight is 242 g/mol. The quantitative estimate of drug-likeness (QED) is 0.768. The zero-order chi connectivity index (χ0) is 10.1. The van der Waals surface area contributed by atoms with Gasteiger partial charge in [-0.2, -0.15) is 0 Å². The van der Waals surface area contributed by atoms with Crippen LogP contribution in [0.4, 0.5) is 0 Å². The van der Waals surface area contributed by atoms with Crippen molar-refractivity contribution in [2.24, 2.45) is 5.14 Å². The Hall–Kier alpha value is -0.430. The molecular weight excluding hydrogens is 237 g/mol. The van der Waals surface area contributed by atoms with E-state index in [-0.39, 0.29) is 15.9 Å². The number of sulfonamides is 1. The van der Waals surface area contributed by atoms with Crippen LogP contribution in [0, 0.1) is 0 Å². The van der Waals surface area contributed by atoms with Crippen molar-refractivity contribution in [3.05, 3.63) is 22.2 Å². The van der Waals surface area contributed by atoms with E-state index < -0.39 is 15.8 Å². The highest BCUT2D eigenvalue weighted by molar-refractivity contribution is 7.88. The van der Waals surface area contributed by atoms with E-state index in [1.165, 1.54) is 0 Å². The Labute approximate surface area is 84.9 Å². The predicted molar refractivity (Wildman–Crippen MR) is 48.9 cm³/mol. The van der Waals surface area contributed by atoms with Gasteiger partial charge in [-0.3, -0.25) is 0 Å². The van der Waals surface area contributed by atoms with Gasteiger partial charge in [0.15, 0.2) is 0 Å². The molecule has 0 saturated heterocycles. The Kier molecular flexibility index (Phi) is 3.07. The van der Waals surface area contributed by atoms with E-state index in [4.69, 9.17) is 28.3 Å². The summed E-state index contributed by atoms with van der Waals surface area (Å²) in [6.45, 7) is 0. The zero-order valence-electron chi connectivity index (χ0n) is 6.24. The summed E-state index contributed by atoms with van der Waals surface area (Å²) in [6.07, 6.45) is 1.14. The summed E-state index contributed by atoms with van der Waals surface area (Å²) in [5.74, 6) is -0.467. The summed E-state index contributed by atoms with van der Waals surface area (Å²) in [4.78, 5) is 7.15. The number of halogens is 2. The molecule has 0 radical (unpaired) electrons. The van der Waals surface area contributed by atoms with Crippen molar-refractivity contribution in [2.75, 3.05) is 0 Å². The lowest BCUT2D eigenvalue weighted by Gasteiger charge is -2.02. The lowest BCUT2D eigenvalue weighted by Crippen LogP contribution is -2.15. The van der Waals surface area contributed by atoms with Gasteiger partial charge in [0.1, 0.15) is 16.6 Å². The molecule has 0 saturated carbocycles. The molecule has 0 aliphatic rings. The van der Waals surface area contributed by atoms with E-state index in [1.807, 2.05) is 0 Å². The summed E-state index contributed by atoms with van der Waals surface area (Å²) in [6, 6.07) is 0. The third-order valence-corrected chi connectivity index (χ3v) is 2.53. The normalized spacial score (nSPS) is 11.6. The molecule has 0 unspecified atom stereocenters. The fourth-order valence-electron chi connectivity index (χ4n) is 0.691. The lowest BCUT2D eigenvalue weighted by atomic mass is 10.4. The molecule has 0 bridgehead atoms. The second-order valence-corrected chi connectivity index (χ2v) is 4.57. The molecular formula is C5H5Cl2N3O2S. The van der Waals surface area contributed by atoms with Gasteiger partial charge in [-0.25, -0.2) is 23.5 Å². The van der Waals surface area contributed by atoms with E-state index in [2.05, 4.69) is 9.97 Å². The van der Waals surface area contributed by atoms with Gasteiger partial charge >= 0.3 is 0 Å². The van der Waals surface area contributed by atoms with Crippen molar-refractivity contribution in [1.82, 2.24) is 9.97 Å². The minimum Gasteiger partial charge on any atom is -0.228 e. The Morgan fingerprint density at radius 3 is 2.15 bits per heavy atom. The van der Waals surface area contributed by atoms with Gasteiger partial charge in [0, 0.05) is 5.56 Å². The van der Waals surface area contributed by atoms with Crippen molar-refractivity contribution in [3.63, 3.8) is 0 Å². The number of rotatable bonds is 2. The van der Waals surface area contributed by atoms with Crippen LogP contribution in [0.5, 0.6) is 0 Å². The first-order valence-corrected chi connectivity index (χ1v) is 5.52. The van der Waals surface area contributed by atoms with Crippen LogP contribution in [0.15, 0.2) is 6.33 Å². The van der Waals surface area contributed by atoms with Gasteiger partial charge in [0.2, 0.25) is 10.0 Å². The molecule has 0 fully saturated rings. The fourth-order valence-corrected chi connectivity index (χ4v) is 1.97. The van der Waals surface area contributed by atoms with Crippen molar-refractivity contribution >= 4 is 33.2 Å². The largest absolute Gasteiger partial charge is 0.228 e. The summed E-state index contributed by atoms with van der Waals surface area (Å²) >= 11 is 11.2. The van der Waals surface area contributed by atoms with E-state index in [1.54, 1.807) is 0 Å². The minimum atomic E-state index is -3.67. The molecule has 5 nitrogen and oxygen atoms in total. The molecule has 0 amide bonds. The molecule has 0 atom stereocenters. The van der Waals surface area contributed by atoms with Gasteiger partial charge in [0.25, 0.3) is 0 Å². The molecule has 0 aliphatic carbocycles. The molecule has 1 aromatic rings. The van der Waals surface area contributed by atoms with Gasteiger partial charge in [-0.05, 0) is 0 Å². The van der Waals surface area contributed by atoms with Gasteiger partial charge in [-0.15, -0.1) is 0 Å². The Morgan fingerprint density at radius 2 is 1.77 bits per heavy atom. The Morgan fingerprint density at radius 1 is 1.31 bits per heavy atom. The molecule has 13 heavy (non-hydrogen) atoms. The third kappa shape index (κ3) is 3.07. The topological polar surface area (TPSA) is 85.9 Å². The van der Waals surface area contributed by atoms with Gasteiger partial charge in [0.05, 0.1) is 5.75 Å². The van der Waals surface area contributed by atoms with Crippen molar-refractivity contribution in [2.45, 2.75) is 5.75 Å². The highest BCUT2D eigenvalue weighted by atomic mass is 35.5. The van der Waals surface area contributed by atoms with Crippen LogP contribution in [-0.2, 0) is 15.8 Å². The SMILES string of the molecule is NS(=O)(=O)Cc1c(Cl)ncnc1Cl. The lowest BCUT2D eigenvalue weighted by molar-refractivity contribution is 0.597. The zero-order valence-corrected chi connectivity index (χ0v) is 8.57. The van der Waals surface area contributed by atoms with Crippen molar-refractivity contribution < 1.29 is 8.42 Å². The highest BCUT2D eigenvalue weighted by Gasteiger charge is 2.14. The van der Waals surface area contributed by atoms with Crippen LogP contribution in [0.1, 0.15) is 5.56 Å². The van der Waals surface area contributed by atoms with E-state index in [9.17, 15) is 8.42 Å². The standard InChI is InChI=1S/C5H5Cl2N3O2S/c6-4-3(1-13(8,11)12)5(7)10-2-9-4/h2H,1H2,(H2,8,11,12). The average Bonchev–Trinajstić information content (AvgIpc) is 1.95. The van der Waals surface area contributed by atoms with Gasteiger partial charge < -0.3 is 0 Å². The summed E-state index contributed by atoms with van der Waals surface area (Å²) in [5.41, 5.74) is 0.119. The minimum absolute atomic E-state index is 0.00553. The number of primary sulfonamides is 1. The molecule has 2 N–H and O–H groups in total. The molecule has 72 valence electrons. The summed E-state index contributed by atoms with van der Waals surface area (Å²) < 4.78 is 21.4. The van der Waals surface area contributed by atoms with Crippen LogP contribution < -0.4 is 5.14 Å². The monoisotopic (exact) mass is 241 g/mol. The number of nitrogens with zero attached hydrogens (tertiary/aromatic N) is 2. The smallest absolute Gasteiger partial charge is 0.213 e. The Bertz CT molecular complexity index is 400. The van der Waals surface area contributed by atoms with E-state index in [0.29, 0.717) is 0 Å². The highest BCUT2D eigenvalue weighted by Crippen LogP contribution is 2.20. The van der Waals surface area contributed by atoms with Crippen LogP contribution >= 0.6 is 23.2 Å². The molecule has 0 spiro atoms. The maximum atomic E-state index is 10.7. The number of hydrogen-bond acceptors (Lipinski definition) is 4. The first kappa shape index (κ1) is 10.6.